The second kappa shape index (κ2) is 5.30. The van der Waals surface area contributed by atoms with Gasteiger partial charge in [0.1, 0.15) is 0 Å². The highest BCUT2D eigenvalue weighted by molar-refractivity contribution is 6.37. The van der Waals surface area contributed by atoms with E-state index in [1.54, 1.807) is 7.11 Å². The lowest BCUT2D eigenvalue weighted by Gasteiger charge is -2.33. The van der Waals surface area contributed by atoms with Gasteiger partial charge in [0.25, 0.3) is 0 Å². The Morgan fingerprint density at radius 1 is 1.00 bits per heavy atom. The van der Waals surface area contributed by atoms with Crippen LogP contribution in [0.25, 0.3) is 0 Å². The van der Waals surface area contributed by atoms with Crippen molar-refractivity contribution in [3.8, 4) is 5.75 Å². The fourth-order valence-electron chi connectivity index (χ4n) is 2.57. The standard InChI is InChI=1S/C15H22Cl2O/c1-14(2,3)9-15(4,5)10-7-11(16)13(18-6)12(17)8-10/h7-8H,9H2,1-6H3. The number of methoxy groups -OCH3 is 1. The third-order valence-corrected chi connectivity index (χ3v) is 3.52. The van der Waals surface area contributed by atoms with Crippen LogP contribution < -0.4 is 4.74 Å². The smallest absolute Gasteiger partial charge is 0.156 e. The summed E-state index contributed by atoms with van der Waals surface area (Å²) < 4.78 is 5.18. The lowest BCUT2D eigenvalue weighted by molar-refractivity contribution is 0.284. The molecule has 18 heavy (non-hydrogen) atoms. The van der Waals surface area contributed by atoms with Gasteiger partial charge in [-0.05, 0) is 34.9 Å². The van der Waals surface area contributed by atoms with E-state index in [1.807, 2.05) is 12.1 Å². The van der Waals surface area contributed by atoms with E-state index in [0.717, 1.165) is 12.0 Å². The normalized spacial score (nSPS) is 12.7. The highest BCUT2D eigenvalue weighted by atomic mass is 35.5. The molecule has 0 fully saturated rings. The Hall–Kier alpha value is -0.400. The zero-order valence-corrected chi connectivity index (χ0v) is 13.5. The second-order valence-electron chi connectivity index (χ2n) is 6.59. The van der Waals surface area contributed by atoms with Crippen LogP contribution in [0.15, 0.2) is 12.1 Å². The van der Waals surface area contributed by atoms with E-state index in [1.165, 1.54) is 0 Å². The molecule has 3 heteroatoms. The summed E-state index contributed by atoms with van der Waals surface area (Å²) in [6.07, 6.45) is 1.05. The first-order valence-electron chi connectivity index (χ1n) is 6.10. The summed E-state index contributed by atoms with van der Waals surface area (Å²) in [5.41, 5.74) is 1.42. The summed E-state index contributed by atoms with van der Waals surface area (Å²) in [7, 11) is 1.58. The van der Waals surface area contributed by atoms with Crippen molar-refractivity contribution < 1.29 is 4.74 Å². The molecule has 0 radical (unpaired) electrons. The SMILES string of the molecule is COc1c(Cl)cc(C(C)(C)CC(C)(C)C)cc1Cl. The maximum atomic E-state index is 6.20. The van der Waals surface area contributed by atoms with Gasteiger partial charge in [-0.15, -0.1) is 0 Å². The van der Waals surface area contributed by atoms with Gasteiger partial charge in [0.05, 0.1) is 17.2 Å². The molecule has 0 aliphatic rings. The van der Waals surface area contributed by atoms with Gasteiger partial charge in [0.15, 0.2) is 5.75 Å². The molecule has 0 aromatic heterocycles. The number of halogens is 2. The lowest BCUT2D eigenvalue weighted by Crippen LogP contribution is -2.24. The highest BCUT2D eigenvalue weighted by Gasteiger charge is 2.28. The fourth-order valence-corrected chi connectivity index (χ4v) is 3.21. The molecule has 0 atom stereocenters. The molecule has 0 saturated carbocycles. The quantitative estimate of drug-likeness (QED) is 0.692. The van der Waals surface area contributed by atoms with Crippen LogP contribution in [0.5, 0.6) is 5.75 Å². The Morgan fingerprint density at radius 3 is 1.78 bits per heavy atom. The summed E-state index contributed by atoms with van der Waals surface area (Å²) in [4.78, 5) is 0. The van der Waals surface area contributed by atoms with Crippen LogP contribution in [0.2, 0.25) is 10.0 Å². The minimum absolute atomic E-state index is 0.0256. The second-order valence-corrected chi connectivity index (χ2v) is 7.41. The first-order valence-corrected chi connectivity index (χ1v) is 6.86. The number of benzene rings is 1. The topological polar surface area (TPSA) is 9.23 Å². The lowest BCUT2D eigenvalue weighted by atomic mass is 9.72. The minimum atomic E-state index is 0.0256. The van der Waals surface area contributed by atoms with Crippen LogP contribution in [0.3, 0.4) is 0 Å². The van der Waals surface area contributed by atoms with Crippen molar-refractivity contribution in [2.45, 2.75) is 46.5 Å². The van der Waals surface area contributed by atoms with Crippen molar-refractivity contribution in [3.05, 3.63) is 27.7 Å². The molecule has 1 aromatic carbocycles. The van der Waals surface area contributed by atoms with Gasteiger partial charge in [-0.25, -0.2) is 0 Å². The molecule has 0 amide bonds. The van der Waals surface area contributed by atoms with Crippen molar-refractivity contribution >= 4 is 23.2 Å². The summed E-state index contributed by atoms with van der Waals surface area (Å²) in [5, 5.41) is 1.14. The maximum absolute atomic E-state index is 6.20. The summed E-state index contributed by atoms with van der Waals surface area (Å²) in [5.74, 6) is 0.550. The number of ether oxygens (including phenoxy) is 1. The Kier molecular flexibility index (Phi) is 4.61. The van der Waals surface area contributed by atoms with Gasteiger partial charge in [-0.1, -0.05) is 57.8 Å². The van der Waals surface area contributed by atoms with Crippen LogP contribution >= 0.6 is 23.2 Å². The molecule has 1 rings (SSSR count). The van der Waals surface area contributed by atoms with E-state index in [-0.39, 0.29) is 10.8 Å². The third-order valence-electron chi connectivity index (χ3n) is 2.96. The van der Waals surface area contributed by atoms with Crippen LogP contribution in [0.1, 0.15) is 46.6 Å². The summed E-state index contributed by atoms with van der Waals surface area (Å²) in [6.45, 7) is 11.1. The molecular formula is C15H22Cl2O. The van der Waals surface area contributed by atoms with E-state index >= 15 is 0 Å². The van der Waals surface area contributed by atoms with E-state index < -0.39 is 0 Å². The Balaban J connectivity index is 3.18. The molecule has 1 aromatic rings. The predicted octanol–water partition coefficient (Wildman–Crippen LogP) is 5.72. The predicted molar refractivity (Wildman–Crippen MR) is 80.1 cm³/mol. The third kappa shape index (κ3) is 3.80. The van der Waals surface area contributed by atoms with Gasteiger partial charge < -0.3 is 4.74 Å². The average Bonchev–Trinajstić information content (AvgIpc) is 2.13. The van der Waals surface area contributed by atoms with Crippen molar-refractivity contribution in [2.24, 2.45) is 5.41 Å². The molecule has 0 aliphatic heterocycles. The van der Waals surface area contributed by atoms with Crippen molar-refractivity contribution in [2.75, 3.05) is 7.11 Å². The van der Waals surface area contributed by atoms with Crippen LogP contribution in [-0.2, 0) is 5.41 Å². The molecule has 1 nitrogen and oxygen atoms in total. The molecule has 0 N–H and O–H groups in total. The Morgan fingerprint density at radius 2 is 1.44 bits per heavy atom. The molecule has 0 aliphatic carbocycles. The molecule has 0 bridgehead atoms. The molecule has 0 spiro atoms. The number of rotatable bonds is 3. The van der Waals surface area contributed by atoms with Crippen molar-refractivity contribution in [1.29, 1.82) is 0 Å². The molecule has 0 saturated heterocycles. The highest BCUT2D eigenvalue weighted by Crippen LogP contribution is 2.41. The zero-order valence-electron chi connectivity index (χ0n) is 12.0. The Bertz CT molecular complexity index is 408. The summed E-state index contributed by atoms with van der Waals surface area (Å²) in [6, 6.07) is 3.91. The van der Waals surface area contributed by atoms with E-state index in [9.17, 15) is 0 Å². The molecule has 0 heterocycles. The fraction of sp³-hybridized carbons (Fsp3) is 0.600. The zero-order chi connectivity index (χ0) is 14.1. The van der Waals surface area contributed by atoms with E-state index in [2.05, 4.69) is 34.6 Å². The van der Waals surface area contributed by atoms with Crippen LogP contribution in [0.4, 0.5) is 0 Å². The van der Waals surface area contributed by atoms with Crippen molar-refractivity contribution in [3.63, 3.8) is 0 Å². The molecule has 102 valence electrons. The monoisotopic (exact) mass is 288 g/mol. The van der Waals surface area contributed by atoms with Crippen LogP contribution in [0, 0.1) is 5.41 Å². The van der Waals surface area contributed by atoms with Crippen molar-refractivity contribution in [1.82, 2.24) is 0 Å². The van der Waals surface area contributed by atoms with E-state index in [0.29, 0.717) is 15.8 Å². The molecular weight excluding hydrogens is 267 g/mol. The number of hydrogen-bond acceptors (Lipinski definition) is 1. The minimum Gasteiger partial charge on any atom is -0.494 e. The van der Waals surface area contributed by atoms with Gasteiger partial charge in [-0.3, -0.25) is 0 Å². The van der Waals surface area contributed by atoms with Gasteiger partial charge in [0.2, 0.25) is 0 Å². The number of hydrogen-bond donors (Lipinski definition) is 0. The maximum Gasteiger partial charge on any atom is 0.156 e. The molecule has 0 unspecified atom stereocenters. The van der Waals surface area contributed by atoms with Gasteiger partial charge in [0, 0.05) is 0 Å². The summed E-state index contributed by atoms with van der Waals surface area (Å²) >= 11 is 12.4. The average molecular weight is 289 g/mol. The van der Waals surface area contributed by atoms with E-state index in [4.69, 9.17) is 27.9 Å². The van der Waals surface area contributed by atoms with Gasteiger partial charge >= 0.3 is 0 Å². The van der Waals surface area contributed by atoms with Gasteiger partial charge in [-0.2, -0.15) is 0 Å². The Labute approximate surface area is 120 Å². The first-order chi connectivity index (χ1) is 8.07. The largest absolute Gasteiger partial charge is 0.494 e. The van der Waals surface area contributed by atoms with Crippen LogP contribution in [-0.4, -0.2) is 7.11 Å². The first kappa shape index (κ1) is 15.7.